The van der Waals surface area contributed by atoms with Crippen LogP contribution in [-0.4, -0.2) is 103 Å². The van der Waals surface area contributed by atoms with Crippen LogP contribution >= 0.6 is 0 Å². The highest BCUT2D eigenvalue weighted by Crippen LogP contribution is 2.24. The number of hydrogen-bond donors (Lipinski definition) is 2. The van der Waals surface area contributed by atoms with E-state index in [2.05, 4.69) is 35.0 Å². The maximum atomic E-state index is 12.5. The normalized spacial score (nSPS) is 17.4. The third-order valence-electron chi connectivity index (χ3n) is 5.98. The Morgan fingerprint density at radius 1 is 0.886 bits per heavy atom. The lowest BCUT2D eigenvalue weighted by Crippen LogP contribution is -2.50. The monoisotopic (exact) mass is 495 g/mol. The molecule has 0 saturated carbocycles. The minimum Gasteiger partial charge on any atom is -0.406 e. The lowest BCUT2D eigenvalue weighted by atomic mass is 10.3. The van der Waals surface area contributed by atoms with E-state index in [-0.39, 0.29) is 18.4 Å². The van der Waals surface area contributed by atoms with Crippen molar-refractivity contribution in [3.8, 4) is 5.75 Å². The van der Waals surface area contributed by atoms with Gasteiger partial charge in [0.25, 0.3) is 0 Å². The maximum absolute atomic E-state index is 12.5. The number of amides is 2. The maximum Gasteiger partial charge on any atom is 0.573 e. The van der Waals surface area contributed by atoms with Crippen LogP contribution in [0.25, 0.3) is 0 Å². The first-order valence-electron chi connectivity index (χ1n) is 11.4. The van der Waals surface area contributed by atoms with Gasteiger partial charge in [-0.15, -0.1) is 23.4 Å². The fraction of sp³-hybridized carbons (Fsp3) is 0.500. The van der Waals surface area contributed by atoms with Crippen molar-refractivity contribution in [1.29, 1.82) is 0 Å². The van der Waals surface area contributed by atoms with Gasteiger partial charge in [0.2, 0.25) is 0 Å². The van der Waals surface area contributed by atoms with Crippen LogP contribution in [0.5, 0.6) is 5.75 Å². The summed E-state index contributed by atoms with van der Waals surface area (Å²) in [5, 5.41) is 20.5. The van der Waals surface area contributed by atoms with Crippen LogP contribution < -0.4 is 19.9 Å². The smallest absolute Gasteiger partial charge is 0.406 e. The van der Waals surface area contributed by atoms with Crippen LogP contribution in [-0.2, 0) is 0 Å². The van der Waals surface area contributed by atoms with E-state index in [1.807, 2.05) is 12.1 Å². The van der Waals surface area contributed by atoms with Crippen molar-refractivity contribution in [2.45, 2.75) is 6.36 Å². The second-order valence-corrected chi connectivity index (χ2v) is 8.28. The number of aliphatic hydroxyl groups excluding tert-OH is 1. The number of rotatable bonds is 6. The van der Waals surface area contributed by atoms with Gasteiger partial charge in [0, 0.05) is 64.6 Å². The van der Waals surface area contributed by atoms with Crippen LogP contribution in [0.1, 0.15) is 0 Å². The van der Waals surface area contributed by atoms with Gasteiger partial charge in [0.15, 0.2) is 11.6 Å². The van der Waals surface area contributed by atoms with Crippen molar-refractivity contribution in [3.63, 3.8) is 0 Å². The van der Waals surface area contributed by atoms with Crippen LogP contribution in [0.4, 0.5) is 35.3 Å². The first-order chi connectivity index (χ1) is 16.8. The highest BCUT2D eigenvalue weighted by molar-refractivity contribution is 5.89. The molecule has 190 valence electrons. The number of piperazine rings is 2. The quantitative estimate of drug-likeness (QED) is 0.627. The number of carbonyl (C=O) groups is 1. The van der Waals surface area contributed by atoms with Gasteiger partial charge in [0.1, 0.15) is 5.75 Å². The summed E-state index contributed by atoms with van der Waals surface area (Å²) in [6.07, 6.45) is -4.76. The zero-order chi connectivity index (χ0) is 24.8. The Hall–Kier alpha value is -3.32. The number of urea groups is 1. The second-order valence-electron chi connectivity index (χ2n) is 8.28. The number of aromatic nitrogens is 2. The Morgan fingerprint density at radius 3 is 1.91 bits per heavy atom. The first-order valence-corrected chi connectivity index (χ1v) is 11.4. The molecule has 0 spiro atoms. The highest BCUT2D eigenvalue weighted by atomic mass is 19.4. The van der Waals surface area contributed by atoms with E-state index in [1.54, 1.807) is 4.90 Å². The molecule has 2 N–H and O–H groups in total. The van der Waals surface area contributed by atoms with E-state index < -0.39 is 6.36 Å². The second kappa shape index (κ2) is 11.0. The van der Waals surface area contributed by atoms with Gasteiger partial charge < -0.3 is 29.9 Å². The fourth-order valence-corrected chi connectivity index (χ4v) is 4.08. The van der Waals surface area contributed by atoms with Gasteiger partial charge in [-0.1, -0.05) is 0 Å². The number of alkyl halides is 3. The SMILES string of the molecule is O=C(Nc1ccc(OC(F)(F)F)cc1)N1CCN(c2ccc(N3CCN(CCO)CC3)nn2)CC1. The van der Waals surface area contributed by atoms with E-state index in [0.29, 0.717) is 38.4 Å². The van der Waals surface area contributed by atoms with Gasteiger partial charge in [-0.2, -0.15) is 0 Å². The highest BCUT2D eigenvalue weighted by Gasteiger charge is 2.31. The average Bonchev–Trinajstić information content (AvgIpc) is 2.85. The predicted octanol–water partition coefficient (Wildman–Crippen LogP) is 1.84. The molecular weight excluding hydrogens is 467 g/mol. The van der Waals surface area contributed by atoms with Crippen molar-refractivity contribution < 1.29 is 27.8 Å². The Balaban J connectivity index is 1.24. The topological polar surface area (TPSA) is 97.3 Å². The number of nitrogens with one attached hydrogen (secondary N) is 1. The van der Waals surface area contributed by atoms with Crippen LogP contribution in [0.15, 0.2) is 36.4 Å². The van der Waals surface area contributed by atoms with E-state index >= 15 is 0 Å². The van der Waals surface area contributed by atoms with Crippen molar-refractivity contribution in [1.82, 2.24) is 20.0 Å². The minimum absolute atomic E-state index is 0.164. The number of halogens is 3. The number of hydrogen-bond acceptors (Lipinski definition) is 8. The number of carbonyl (C=O) groups excluding carboxylic acids is 1. The molecule has 0 unspecified atom stereocenters. The predicted molar refractivity (Wildman–Crippen MR) is 124 cm³/mol. The standard InChI is InChI=1S/C22H28F3N7O3/c23-22(24,25)35-18-3-1-17(2-4-18)26-21(34)32-13-11-31(12-14-32)20-6-5-19(27-28-20)30-9-7-29(8-10-30)15-16-33/h1-6,33H,7-16H2,(H,26,34). The summed E-state index contributed by atoms with van der Waals surface area (Å²) in [6.45, 7) is 6.37. The molecule has 3 heterocycles. The van der Waals surface area contributed by atoms with Crippen molar-refractivity contribution in [2.75, 3.05) is 80.6 Å². The summed E-state index contributed by atoms with van der Waals surface area (Å²) >= 11 is 0. The molecule has 13 heteroatoms. The first kappa shape index (κ1) is 24.8. The summed E-state index contributed by atoms with van der Waals surface area (Å²) in [7, 11) is 0. The zero-order valence-electron chi connectivity index (χ0n) is 19.1. The lowest BCUT2D eigenvalue weighted by molar-refractivity contribution is -0.274. The molecule has 0 radical (unpaired) electrons. The van der Waals surface area contributed by atoms with Crippen LogP contribution in [0.2, 0.25) is 0 Å². The Kier molecular flexibility index (Phi) is 7.76. The number of anilines is 3. The van der Waals surface area contributed by atoms with E-state index in [9.17, 15) is 18.0 Å². The molecule has 10 nitrogen and oxygen atoms in total. The lowest BCUT2D eigenvalue weighted by Gasteiger charge is -2.36. The summed E-state index contributed by atoms with van der Waals surface area (Å²) in [4.78, 5) is 20.6. The molecule has 0 atom stereocenters. The summed E-state index contributed by atoms with van der Waals surface area (Å²) < 4.78 is 40.6. The van der Waals surface area contributed by atoms with Crippen molar-refractivity contribution >= 4 is 23.4 Å². The Labute approximate surface area is 200 Å². The average molecular weight is 496 g/mol. The molecule has 2 fully saturated rings. The summed E-state index contributed by atoms with van der Waals surface area (Å²) in [5.41, 5.74) is 0.380. The van der Waals surface area contributed by atoms with Gasteiger partial charge in [-0.25, -0.2) is 4.79 Å². The Bertz CT molecular complexity index is 960. The van der Waals surface area contributed by atoms with E-state index in [0.717, 1.165) is 49.9 Å². The summed E-state index contributed by atoms with van der Waals surface area (Å²) in [5.74, 6) is 1.22. The molecule has 0 aliphatic carbocycles. The number of benzene rings is 1. The molecule has 2 aliphatic rings. The largest absolute Gasteiger partial charge is 0.573 e. The Morgan fingerprint density at radius 2 is 1.43 bits per heavy atom. The molecule has 2 saturated heterocycles. The molecule has 1 aromatic carbocycles. The zero-order valence-corrected chi connectivity index (χ0v) is 19.1. The van der Waals surface area contributed by atoms with E-state index in [1.165, 1.54) is 12.1 Å². The van der Waals surface area contributed by atoms with Crippen LogP contribution in [0, 0.1) is 0 Å². The molecule has 2 amide bonds. The third-order valence-corrected chi connectivity index (χ3v) is 5.98. The van der Waals surface area contributed by atoms with Gasteiger partial charge in [0.05, 0.1) is 6.61 Å². The van der Waals surface area contributed by atoms with Crippen molar-refractivity contribution in [3.05, 3.63) is 36.4 Å². The molecule has 1 aromatic heterocycles. The molecule has 2 aliphatic heterocycles. The molecule has 2 aromatic rings. The molecule has 4 rings (SSSR count). The fourth-order valence-electron chi connectivity index (χ4n) is 4.08. The summed E-state index contributed by atoms with van der Waals surface area (Å²) in [6, 6.07) is 8.59. The number of ether oxygens (including phenoxy) is 1. The van der Waals surface area contributed by atoms with Gasteiger partial charge in [-0.05, 0) is 36.4 Å². The van der Waals surface area contributed by atoms with Crippen LogP contribution in [0.3, 0.4) is 0 Å². The number of aliphatic hydroxyl groups is 1. The van der Waals surface area contributed by atoms with Gasteiger partial charge >= 0.3 is 12.4 Å². The minimum atomic E-state index is -4.76. The molecular formula is C22H28F3N7O3. The molecule has 0 bridgehead atoms. The third kappa shape index (κ3) is 6.85. The van der Waals surface area contributed by atoms with E-state index in [4.69, 9.17) is 5.11 Å². The number of β-amino-alcohol motifs (C(OH)–C–C–N with tert-alkyl or cyclic N) is 1. The van der Waals surface area contributed by atoms with Crippen molar-refractivity contribution in [2.24, 2.45) is 0 Å². The number of nitrogens with zero attached hydrogens (tertiary/aromatic N) is 6. The molecule has 35 heavy (non-hydrogen) atoms. The van der Waals surface area contributed by atoms with Gasteiger partial charge in [-0.3, -0.25) is 4.90 Å².